The van der Waals surface area contributed by atoms with Gasteiger partial charge in [0.05, 0.1) is 5.92 Å². The highest BCUT2D eigenvalue weighted by atomic mass is 16.2. The van der Waals surface area contributed by atoms with Gasteiger partial charge in [-0.1, -0.05) is 13.8 Å². The van der Waals surface area contributed by atoms with Gasteiger partial charge in [-0.2, -0.15) is 0 Å². The quantitative estimate of drug-likeness (QED) is 0.536. The van der Waals surface area contributed by atoms with Crippen LogP contribution in [-0.2, 0) is 4.79 Å². The van der Waals surface area contributed by atoms with Crippen LogP contribution < -0.4 is 5.32 Å². The molecule has 0 aromatic heterocycles. The van der Waals surface area contributed by atoms with Gasteiger partial charge in [0.25, 0.3) is 0 Å². The predicted octanol–water partition coefficient (Wildman–Crippen LogP) is 1.17. The summed E-state index contributed by atoms with van der Waals surface area (Å²) in [5.41, 5.74) is 0.509. The van der Waals surface area contributed by atoms with E-state index in [1.807, 2.05) is 0 Å². The van der Waals surface area contributed by atoms with E-state index in [1.165, 1.54) is 6.42 Å². The maximum atomic E-state index is 11.1. The molecule has 0 spiro atoms. The van der Waals surface area contributed by atoms with Gasteiger partial charge in [0, 0.05) is 6.04 Å². The SMILES string of the molecule is CC1(C)[C@H]2C[C@@H]1[C@@H]1NC(=O)[C@@H]1C2. The second kappa shape index (κ2) is 1.70. The zero-order valence-electron chi connectivity index (χ0n) is 7.63. The maximum Gasteiger partial charge on any atom is 0.225 e. The summed E-state index contributed by atoms with van der Waals surface area (Å²) in [6.45, 7) is 4.71. The van der Waals surface area contributed by atoms with E-state index in [1.54, 1.807) is 0 Å². The number of hydrogen-bond acceptors (Lipinski definition) is 1. The first kappa shape index (κ1) is 6.93. The summed E-state index contributed by atoms with van der Waals surface area (Å²) in [5, 5.41) is 3.05. The van der Waals surface area contributed by atoms with E-state index in [-0.39, 0.29) is 0 Å². The third-order valence-electron chi connectivity index (χ3n) is 4.60. The Morgan fingerprint density at radius 2 is 2.17 bits per heavy atom. The predicted molar refractivity (Wildman–Crippen MR) is 45.4 cm³/mol. The fraction of sp³-hybridized carbons (Fsp3) is 0.900. The number of amides is 1. The Balaban J connectivity index is 1.89. The van der Waals surface area contributed by atoms with Crippen molar-refractivity contribution in [1.29, 1.82) is 0 Å². The monoisotopic (exact) mass is 165 g/mol. The molecule has 0 unspecified atom stereocenters. The molecule has 1 aliphatic heterocycles. The number of rotatable bonds is 0. The normalized spacial score (nSPS) is 53.0. The largest absolute Gasteiger partial charge is 0.352 e. The van der Waals surface area contributed by atoms with Gasteiger partial charge in [0.15, 0.2) is 0 Å². The van der Waals surface area contributed by atoms with Crippen LogP contribution in [0.15, 0.2) is 0 Å². The molecule has 4 aliphatic rings. The molecular formula is C10H15NO. The summed E-state index contributed by atoms with van der Waals surface area (Å²) >= 11 is 0. The standard InChI is InChI=1S/C10H15NO/c1-10(2)5-3-6-8(7(10)4-5)11-9(6)12/h5-8H,3-4H2,1-2H3,(H,11,12)/t5-,6-,7-,8-/m1/s1. The van der Waals surface area contributed by atoms with Crippen LogP contribution in [0.4, 0.5) is 0 Å². The number of nitrogens with one attached hydrogen (secondary N) is 1. The lowest BCUT2D eigenvalue weighted by Crippen LogP contribution is -2.72. The smallest absolute Gasteiger partial charge is 0.225 e. The van der Waals surface area contributed by atoms with Crippen LogP contribution in [0.25, 0.3) is 0 Å². The Morgan fingerprint density at radius 3 is 2.67 bits per heavy atom. The number of carbonyl (C=O) groups is 1. The lowest BCUT2D eigenvalue weighted by atomic mass is 9.43. The van der Waals surface area contributed by atoms with Crippen molar-refractivity contribution >= 4 is 5.91 Å². The molecule has 0 aromatic carbocycles. The highest BCUT2D eigenvalue weighted by Crippen LogP contribution is 2.62. The average molecular weight is 165 g/mol. The Morgan fingerprint density at radius 1 is 1.42 bits per heavy atom. The van der Waals surface area contributed by atoms with E-state index in [4.69, 9.17) is 0 Å². The van der Waals surface area contributed by atoms with E-state index in [2.05, 4.69) is 19.2 Å². The molecule has 4 fully saturated rings. The molecule has 0 radical (unpaired) electrons. The topological polar surface area (TPSA) is 29.1 Å². The summed E-state index contributed by atoms with van der Waals surface area (Å²) < 4.78 is 0. The third kappa shape index (κ3) is 0.540. The van der Waals surface area contributed by atoms with Crippen LogP contribution in [-0.4, -0.2) is 11.9 Å². The van der Waals surface area contributed by atoms with Crippen molar-refractivity contribution in [2.24, 2.45) is 23.2 Å². The van der Waals surface area contributed by atoms with Crippen molar-refractivity contribution in [2.45, 2.75) is 32.7 Å². The first-order valence-corrected chi connectivity index (χ1v) is 4.91. The van der Waals surface area contributed by atoms with Crippen molar-refractivity contribution in [2.75, 3.05) is 0 Å². The Bertz CT molecular complexity index is 259. The second-order valence-corrected chi connectivity index (χ2v) is 5.24. The number of carbonyl (C=O) groups excluding carboxylic acids is 1. The van der Waals surface area contributed by atoms with Gasteiger partial charge in [-0.05, 0) is 30.1 Å². The van der Waals surface area contributed by atoms with E-state index < -0.39 is 0 Å². The molecule has 0 aromatic rings. The zero-order chi connectivity index (χ0) is 8.51. The van der Waals surface area contributed by atoms with Crippen molar-refractivity contribution in [3.63, 3.8) is 0 Å². The Kier molecular flexibility index (Phi) is 0.984. The van der Waals surface area contributed by atoms with Crippen LogP contribution in [0.2, 0.25) is 0 Å². The lowest BCUT2D eigenvalue weighted by Gasteiger charge is -2.65. The van der Waals surface area contributed by atoms with E-state index in [0.29, 0.717) is 23.3 Å². The minimum atomic E-state index is 0.310. The molecule has 12 heavy (non-hydrogen) atoms. The maximum absolute atomic E-state index is 11.1. The minimum absolute atomic E-state index is 0.310. The Hall–Kier alpha value is -0.530. The molecule has 4 rings (SSSR count). The number of β-lactam (4-membered cyclic amide) rings is 1. The van der Waals surface area contributed by atoms with Gasteiger partial charge in [0.2, 0.25) is 5.91 Å². The fourth-order valence-corrected chi connectivity index (χ4v) is 3.45. The van der Waals surface area contributed by atoms with Crippen LogP contribution >= 0.6 is 0 Å². The summed E-state index contributed by atoms with van der Waals surface area (Å²) in [5.74, 6) is 2.31. The highest BCUT2D eigenvalue weighted by Gasteiger charge is 2.63. The van der Waals surface area contributed by atoms with Crippen molar-refractivity contribution < 1.29 is 4.79 Å². The minimum Gasteiger partial charge on any atom is -0.352 e. The molecule has 1 saturated heterocycles. The van der Waals surface area contributed by atoms with E-state index in [0.717, 1.165) is 18.3 Å². The highest BCUT2D eigenvalue weighted by molar-refractivity contribution is 5.86. The third-order valence-corrected chi connectivity index (χ3v) is 4.60. The summed E-state index contributed by atoms with van der Waals surface area (Å²) in [7, 11) is 0. The van der Waals surface area contributed by atoms with Gasteiger partial charge in [-0.15, -0.1) is 0 Å². The molecule has 2 nitrogen and oxygen atoms in total. The average Bonchev–Trinajstić information content (AvgIpc) is 2.01. The van der Waals surface area contributed by atoms with Crippen LogP contribution in [0.5, 0.6) is 0 Å². The zero-order valence-corrected chi connectivity index (χ0v) is 7.63. The van der Waals surface area contributed by atoms with Gasteiger partial charge in [-0.25, -0.2) is 0 Å². The molecule has 2 bridgehead atoms. The molecule has 1 heterocycles. The van der Waals surface area contributed by atoms with Crippen LogP contribution in [0.3, 0.4) is 0 Å². The van der Waals surface area contributed by atoms with E-state index >= 15 is 0 Å². The van der Waals surface area contributed by atoms with Gasteiger partial charge in [0.1, 0.15) is 0 Å². The number of hydrogen-bond donors (Lipinski definition) is 1. The molecule has 3 saturated carbocycles. The van der Waals surface area contributed by atoms with Gasteiger partial charge >= 0.3 is 0 Å². The molecule has 4 atom stereocenters. The second-order valence-electron chi connectivity index (χ2n) is 5.24. The van der Waals surface area contributed by atoms with Crippen molar-refractivity contribution in [3.05, 3.63) is 0 Å². The molecule has 66 valence electrons. The molecule has 2 heteroatoms. The van der Waals surface area contributed by atoms with Crippen molar-refractivity contribution in [3.8, 4) is 0 Å². The van der Waals surface area contributed by atoms with Crippen LogP contribution in [0, 0.1) is 23.2 Å². The summed E-state index contributed by atoms with van der Waals surface area (Å²) in [6, 6.07) is 0.539. The van der Waals surface area contributed by atoms with Gasteiger partial charge in [-0.3, -0.25) is 4.79 Å². The fourth-order valence-electron chi connectivity index (χ4n) is 3.45. The first-order valence-electron chi connectivity index (χ1n) is 4.91. The van der Waals surface area contributed by atoms with Crippen molar-refractivity contribution in [1.82, 2.24) is 5.32 Å². The molecular weight excluding hydrogens is 150 g/mol. The molecule has 1 N–H and O–H groups in total. The lowest BCUT2D eigenvalue weighted by molar-refractivity contribution is -0.171. The Labute approximate surface area is 72.7 Å². The summed E-state index contributed by atoms with van der Waals surface area (Å²) in [6.07, 6.45) is 2.51. The van der Waals surface area contributed by atoms with Gasteiger partial charge < -0.3 is 5.32 Å². The van der Waals surface area contributed by atoms with E-state index in [9.17, 15) is 4.79 Å². The summed E-state index contributed by atoms with van der Waals surface area (Å²) in [4.78, 5) is 11.1. The molecule has 1 amide bonds. The molecule has 3 aliphatic carbocycles. The first-order chi connectivity index (χ1) is 5.60. The van der Waals surface area contributed by atoms with Crippen LogP contribution in [0.1, 0.15) is 26.7 Å².